The fraction of sp³-hybridized carbons (Fsp3) is 0.300. The summed E-state index contributed by atoms with van der Waals surface area (Å²) in [5.74, 6) is 0.186. The minimum Gasteiger partial charge on any atom is -0.395 e. The zero-order valence-electron chi connectivity index (χ0n) is 14.9. The molecule has 5 nitrogen and oxygen atoms in total. The Morgan fingerprint density at radius 3 is 2.38 bits per heavy atom. The molecule has 0 bridgehead atoms. The van der Waals surface area contributed by atoms with Crippen LogP contribution in [0.3, 0.4) is 0 Å². The first-order valence-electron chi connectivity index (χ1n) is 8.45. The number of aliphatic hydroxyl groups is 1. The summed E-state index contributed by atoms with van der Waals surface area (Å²) in [6.45, 7) is 2.64. The number of thioether (sulfide) groups is 1. The number of benzene rings is 2. The largest absolute Gasteiger partial charge is 0.395 e. The van der Waals surface area contributed by atoms with Gasteiger partial charge in [-0.1, -0.05) is 48.0 Å². The van der Waals surface area contributed by atoms with E-state index in [0.717, 1.165) is 16.8 Å². The van der Waals surface area contributed by atoms with Crippen LogP contribution in [0.15, 0.2) is 54.6 Å². The van der Waals surface area contributed by atoms with Crippen molar-refractivity contribution in [2.75, 3.05) is 30.0 Å². The van der Waals surface area contributed by atoms with Gasteiger partial charge in [0.05, 0.1) is 18.1 Å². The summed E-state index contributed by atoms with van der Waals surface area (Å²) in [6.07, 6.45) is 0. The molecule has 0 aliphatic heterocycles. The average molecular weight is 372 g/mol. The predicted molar refractivity (Wildman–Crippen MR) is 106 cm³/mol. The average Bonchev–Trinajstić information content (AvgIpc) is 2.64. The summed E-state index contributed by atoms with van der Waals surface area (Å²) in [5, 5.41) is 12.0. The van der Waals surface area contributed by atoms with E-state index >= 15 is 0 Å². The summed E-state index contributed by atoms with van der Waals surface area (Å²) in [6, 6.07) is 17.2. The van der Waals surface area contributed by atoms with Crippen molar-refractivity contribution in [1.82, 2.24) is 4.90 Å². The maximum atomic E-state index is 12.4. The maximum absolute atomic E-state index is 12.4. The van der Waals surface area contributed by atoms with Crippen LogP contribution >= 0.6 is 11.8 Å². The molecule has 0 saturated carbocycles. The first kappa shape index (κ1) is 20.0. The van der Waals surface area contributed by atoms with E-state index in [9.17, 15) is 14.7 Å². The second-order valence-electron chi connectivity index (χ2n) is 5.93. The van der Waals surface area contributed by atoms with Crippen LogP contribution < -0.4 is 5.32 Å². The number of nitrogens with zero attached hydrogens (tertiary/aromatic N) is 1. The lowest BCUT2D eigenvalue weighted by Crippen LogP contribution is -2.34. The highest BCUT2D eigenvalue weighted by atomic mass is 32.2. The van der Waals surface area contributed by atoms with Crippen LogP contribution in [-0.4, -0.2) is 46.5 Å². The molecule has 2 N–H and O–H groups in total. The molecular formula is C20H24N2O3S. The Morgan fingerprint density at radius 1 is 1.04 bits per heavy atom. The van der Waals surface area contributed by atoms with Crippen LogP contribution in [0.5, 0.6) is 0 Å². The molecule has 0 radical (unpaired) electrons. The molecule has 0 heterocycles. The molecule has 0 unspecified atom stereocenters. The normalized spacial score (nSPS) is 10.4. The Labute approximate surface area is 158 Å². The Kier molecular flexibility index (Phi) is 8.18. The van der Waals surface area contributed by atoms with Crippen LogP contribution in [0, 0.1) is 6.92 Å². The highest BCUT2D eigenvalue weighted by Crippen LogP contribution is 2.11. The van der Waals surface area contributed by atoms with Gasteiger partial charge in [-0.25, -0.2) is 0 Å². The van der Waals surface area contributed by atoms with Crippen molar-refractivity contribution in [3.8, 4) is 0 Å². The van der Waals surface area contributed by atoms with E-state index in [1.54, 1.807) is 4.90 Å². The number of anilines is 1. The van der Waals surface area contributed by atoms with Gasteiger partial charge in [0.15, 0.2) is 0 Å². The Bertz CT molecular complexity index is 705. The van der Waals surface area contributed by atoms with Gasteiger partial charge in [0.25, 0.3) is 0 Å². The van der Waals surface area contributed by atoms with Crippen molar-refractivity contribution in [2.45, 2.75) is 13.5 Å². The van der Waals surface area contributed by atoms with Gasteiger partial charge in [-0.2, -0.15) is 0 Å². The molecule has 0 aliphatic rings. The number of carbonyl (C=O) groups is 2. The third kappa shape index (κ3) is 6.90. The van der Waals surface area contributed by atoms with Crippen LogP contribution in [0.2, 0.25) is 0 Å². The number of hydrogen-bond acceptors (Lipinski definition) is 4. The number of aryl methyl sites for hydroxylation is 1. The van der Waals surface area contributed by atoms with Gasteiger partial charge in [-0.05, 0) is 24.6 Å². The van der Waals surface area contributed by atoms with Crippen molar-refractivity contribution in [3.05, 3.63) is 65.7 Å². The first-order valence-corrected chi connectivity index (χ1v) is 9.61. The van der Waals surface area contributed by atoms with Crippen LogP contribution in [0.25, 0.3) is 0 Å². The number of aliphatic hydroxyl groups excluding tert-OH is 1. The van der Waals surface area contributed by atoms with Gasteiger partial charge >= 0.3 is 0 Å². The number of nitrogens with one attached hydrogen (secondary N) is 1. The van der Waals surface area contributed by atoms with Gasteiger partial charge in [-0.3, -0.25) is 9.59 Å². The Morgan fingerprint density at radius 2 is 1.73 bits per heavy atom. The lowest BCUT2D eigenvalue weighted by atomic mass is 10.2. The molecule has 0 fully saturated rings. The lowest BCUT2D eigenvalue weighted by Gasteiger charge is -2.21. The molecule has 2 rings (SSSR count). The molecule has 2 amide bonds. The number of rotatable bonds is 9. The number of carbonyl (C=O) groups excluding carboxylic acids is 2. The summed E-state index contributed by atoms with van der Waals surface area (Å²) in [7, 11) is 0. The molecule has 6 heteroatoms. The molecule has 0 aromatic heterocycles. The third-order valence-electron chi connectivity index (χ3n) is 3.73. The lowest BCUT2D eigenvalue weighted by molar-refractivity contribution is -0.129. The number of amides is 2. The highest BCUT2D eigenvalue weighted by molar-refractivity contribution is 8.00. The van der Waals surface area contributed by atoms with E-state index in [2.05, 4.69) is 5.32 Å². The molecule has 0 atom stereocenters. The van der Waals surface area contributed by atoms with Crippen LogP contribution in [-0.2, 0) is 16.1 Å². The molecule has 2 aromatic carbocycles. The zero-order chi connectivity index (χ0) is 18.8. The highest BCUT2D eigenvalue weighted by Gasteiger charge is 2.14. The molecule has 138 valence electrons. The monoisotopic (exact) mass is 372 g/mol. The summed E-state index contributed by atoms with van der Waals surface area (Å²) in [5.41, 5.74) is 2.89. The first-order chi connectivity index (χ1) is 12.6. The van der Waals surface area contributed by atoms with Crippen molar-refractivity contribution in [1.29, 1.82) is 0 Å². The quantitative estimate of drug-likeness (QED) is 0.710. The van der Waals surface area contributed by atoms with Crippen LogP contribution in [0.4, 0.5) is 5.69 Å². The van der Waals surface area contributed by atoms with E-state index in [4.69, 9.17) is 0 Å². The molecule has 2 aromatic rings. The van der Waals surface area contributed by atoms with Gasteiger partial charge in [0.2, 0.25) is 11.8 Å². The molecule has 26 heavy (non-hydrogen) atoms. The predicted octanol–water partition coefficient (Wildman–Crippen LogP) is 2.69. The minimum atomic E-state index is -0.136. The standard InChI is InChI=1S/C20H24N2O3S/c1-16-7-9-18(10-8-16)21-19(24)14-26-15-20(25)22(11-12-23)13-17-5-3-2-4-6-17/h2-10,23H,11-15H2,1H3,(H,21,24). The zero-order valence-corrected chi connectivity index (χ0v) is 15.7. The van der Waals surface area contributed by atoms with Crippen LogP contribution in [0.1, 0.15) is 11.1 Å². The number of hydrogen-bond donors (Lipinski definition) is 2. The van der Waals surface area contributed by atoms with Gasteiger partial charge in [0, 0.05) is 18.8 Å². The Balaban J connectivity index is 1.77. The molecule has 0 spiro atoms. The van der Waals surface area contributed by atoms with Crippen molar-refractivity contribution in [3.63, 3.8) is 0 Å². The van der Waals surface area contributed by atoms with Gasteiger partial charge < -0.3 is 15.3 Å². The van der Waals surface area contributed by atoms with Gasteiger partial charge in [-0.15, -0.1) is 11.8 Å². The minimum absolute atomic E-state index is 0.0862. The van der Waals surface area contributed by atoms with Crippen molar-refractivity contribution < 1.29 is 14.7 Å². The molecule has 0 aliphatic carbocycles. The van der Waals surface area contributed by atoms with E-state index in [-0.39, 0.29) is 36.5 Å². The fourth-order valence-corrected chi connectivity index (χ4v) is 3.09. The van der Waals surface area contributed by atoms with E-state index in [0.29, 0.717) is 6.54 Å². The summed E-state index contributed by atoms with van der Waals surface area (Å²) in [4.78, 5) is 26.0. The van der Waals surface area contributed by atoms with E-state index < -0.39 is 0 Å². The Hall–Kier alpha value is -2.31. The maximum Gasteiger partial charge on any atom is 0.234 e. The van der Waals surface area contributed by atoms with Crippen molar-refractivity contribution in [2.24, 2.45) is 0 Å². The second-order valence-corrected chi connectivity index (χ2v) is 6.92. The topological polar surface area (TPSA) is 69.6 Å². The van der Waals surface area contributed by atoms with Gasteiger partial charge in [0.1, 0.15) is 0 Å². The smallest absolute Gasteiger partial charge is 0.234 e. The summed E-state index contributed by atoms with van der Waals surface area (Å²) < 4.78 is 0. The SMILES string of the molecule is Cc1ccc(NC(=O)CSCC(=O)N(CCO)Cc2ccccc2)cc1. The van der Waals surface area contributed by atoms with E-state index in [1.807, 2.05) is 61.5 Å². The molecular weight excluding hydrogens is 348 g/mol. The molecule has 0 saturated heterocycles. The fourth-order valence-electron chi connectivity index (χ4n) is 2.37. The van der Waals surface area contributed by atoms with E-state index in [1.165, 1.54) is 11.8 Å². The second kappa shape index (κ2) is 10.6. The van der Waals surface area contributed by atoms with Crippen molar-refractivity contribution >= 4 is 29.3 Å². The summed E-state index contributed by atoms with van der Waals surface area (Å²) >= 11 is 1.27. The third-order valence-corrected chi connectivity index (χ3v) is 4.65.